The minimum Gasteiger partial charge on any atom is -0.326 e. The molecule has 154 valence electrons. The van der Waals surface area contributed by atoms with Crippen molar-refractivity contribution in [2.75, 3.05) is 10.6 Å². The first kappa shape index (κ1) is 21.2. The number of rotatable bonds is 6. The SMILES string of the molecule is Cc1cccc(NC(=O)c2ccc(=O)n(CCC(=O)Nc3ccc(F)c(Cl)c3)n2)c1. The second-order valence-corrected chi connectivity index (χ2v) is 6.94. The zero-order chi connectivity index (χ0) is 21.7. The van der Waals surface area contributed by atoms with E-state index >= 15 is 0 Å². The summed E-state index contributed by atoms with van der Waals surface area (Å²) in [5, 5.41) is 9.20. The number of hydrogen-bond donors (Lipinski definition) is 2. The van der Waals surface area contributed by atoms with Crippen molar-refractivity contribution in [1.29, 1.82) is 0 Å². The molecule has 1 aromatic heterocycles. The van der Waals surface area contributed by atoms with Gasteiger partial charge in [0.1, 0.15) is 11.5 Å². The number of aryl methyl sites for hydroxylation is 2. The second-order valence-electron chi connectivity index (χ2n) is 6.53. The first-order chi connectivity index (χ1) is 14.3. The van der Waals surface area contributed by atoms with Gasteiger partial charge < -0.3 is 10.6 Å². The van der Waals surface area contributed by atoms with Gasteiger partial charge in [0, 0.05) is 23.9 Å². The summed E-state index contributed by atoms with van der Waals surface area (Å²) in [6, 6.07) is 13.6. The Labute approximate surface area is 176 Å². The van der Waals surface area contributed by atoms with Crippen molar-refractivity contribution in [2.45, 2.75) is 19.9 Å². The van der Waals surface area contributed by atoms with E-state index in [-0.39, 0.29) is 23.7 Å². The largest absolute Gasteiger partial charge is 0.326 e. The first-order valence-corrected chi connectivity index (χ1v) is 9.41. The number of nitrogens with zero attached hydrogens (tertiary/aromatic N) is 2. The molecule has 1 heterocycles. The minimum absolute atomic E-state index is 0.0365. The van der Waals surface area contributed by atoms with E-state index in [2.05, 4.69) is 15.7 Å². The number of anilines is 2. The lowest BCUT2D eigenvalue weighted by Gasteiger charge is -2.09. The number of nitrogens with one attached hydrogen (secondary N) is 2. The second kappa shape index (κ2) is 9.32. The molecule has 30 heavy (non-hydrogen) atoms. The van der Waals surface area contributed by atoms with Crippen molar-refractivity contribution in [2.24, 2.45) is 0 Å². The van der Waals surface area contributed by atoms with Crippen LogP contribution in [0.25, 0.3) is 0 Å². The van der Waals surface area contributed by atoms with E-state index in [0.29, 0.717) is 11.4 Å². The van der Waals surface area contributed by atoms with Crippen molar-refractivity contribution < 1.29 is 14.0 Å². The Balaban J connectivity index is 1.64. The maximum absolute atomic E-state index is 13.2. The van der Waals surface area contributed by atoms with Crippen LogP contribution in [-0.2, 0) is 11.3 Å². The number of carbonyl (C=O) groups excluding carboxylic acids is 2. The van der Waals surface area contributed by atoms with Crippen LogP contribution in [-0.4, -0.2) is 21.6 Å². The zero-order valence-electron chi connectivity index (χ0n) is 16.0. The number of carbonyl (C=O) groups is 2. The Bertz CT molecular complexity index is 1160. The average Bonchev–Trinajstić information content (AvgIpc) is 2.70. The van der Waals surface area contributed by atoms with Crippen molar-refractivity contribution in [3.05, 3.63) is 87.0 Å². The molecule has 0 unspecified atom stereocenters. The van der Waals surface area contributed by atoms with Gasteiger partial charge in [-0.15, -0.1) is 0 Å². The Morgan fingerprint density at radius 2 is 1.83 bits per heavy atom. The normalized spacial score (nSPS) is 10.5. The monoisotopic (exact) mass is 428 g/mol. The van der Waals surface area contributed by atoms with Crippen LogP contribution in [0, 0.1) is 12.7 Å². The van der Waals surface area contributed by atoms with Crippen molar-refractivity contribution in [3.63, 3.8) is 0 Å². The molecule has 9 heteroatoms. The van der Waals surface area contributed by atoms with Gasteiger partial charge in [0.15, 0.2) is 0 Å². The molecule has 0 saturated carbocycles. The topological polar surface area (TPSA) is 93.1 Å². The molecule has 3 aromatic rings. The summed E-state index contributed by atoms with van der Waals surface area (Å²) in [6.45, 7) is 1.87. The first-order valence-electron chi connectivity index (χ1n) is 9.03. The van der Waals surface area contributed by atoms with E-state index in [1.54, 1.807) is 12.1 Å². The van der Waals surface area contributed by atoms with Crippen LogP contribution in [0.3, 0.4) is 0 Å². The van der Waals surface area contributed by atoms with E-state index in [0.717, 1.165) is 16.3 Å². The Hall–Kier alpha value is -3.52. The van der Waals surface area contributed by atoms with E-state index < -0.39 is 23.2 Å². The molecule has 2 amide bonds. The highest BCUT2D eigenvalue weighted by Crippen LogP contribution is 2.19. The van der Waals surface area contributed by atoms with Crippen molar-refractivity contribution in [1.82, 2.24) is 9.78 Å². The summed E-state index contributed by atoms with van der Waals surface area (Å²) in [5.41, 5.74) is 1.52. The fraction of sp³-hybridized carbons (Fsp3) is 0.143. The van der Waals surface area contributed by atoms with Gasteiger partial charge in [0.2, 0.25) is 5.91 Å². The predicted molar refractivity (Wildman–Crippen MR) is 112 cm³/mol. The van der Waals surface area contributed by atoms with E-state index in [1.165, 1.54) is 24.3 Å². The summed E-state index contributed by atoms with van der Waals surface area (Å²) in [6.07, 6.45) is -0.0785. The van der Waals surface area contributed by atoms with Gasteiger partial charge >= 0.3 is 0 Å². The maximum atomic E-state index is 13.2. The molecule has 2 aromatic carbocycles. The summed E-state index contributed by atoms with van der Waals surface area (Å²) >= 11 is 5.69. The highest BCUT2D eigenvalue weighted by Gasteiger charge is 2.12. The lowest BCUT2D eigenvalue weighted by atomic mass is 10.2. The standard InChI is InChI=1S/C21H18ClFN4O3/c1-13-3-2-4-14(11-13)25-21(30)18-7-8-20(29)27(26-18)10-9-19(28)24-15-5-6-17(23)16(22)12-15/h2-8,11-12H,9-10H2,1H3,(H,24,28)(H,25,30). The number of benzene rings is 2. The molecule has 0 aliphatic carbocycles. The van der Waals surface area contributed by atoms with Crippen LogP contribution in [0.5, 0.6) is 0 Å². The van der Waals surface area contributed by atoms with Gasteiger partial charge in [-0.1, -0.05) is 23.7 Å². The summed E-state index contributed by atoms with van der Waals surface area (Å²) in [4.78, 5) is 36.6. The Kier molecular flexibility index (Phi) is 6.58. The van der Waals surface area contributed by atoms with Crippen LogP contribution in [0.15, 0.2) is 59.4 Å². The Morgan fingerprint density at radius 3 is 2.57 bits per heavy atom. The number of aromatic nitrogens is 2. The quantitative estimate of drug-likeness (QED) is 0.627. The van der Waals surface area contributed by atoms with Gasteiger partial charge in [-0.25, -0.2) is 9.07 Å². The molecule has 3 rings (SSSR count). The fourth-order valence-corrected chi connectivity index (χ4v) is 2.83. The number of halogens is 2. The third-order valence-electron chi connectivity index (χ3n) is 4.13. The summed E-state index contributed by atoms with van der Waals surface area (Å²) in [5.74, 6) is -1.48. The maximum Gasteiger partial charge on any atom is 0.276 e. The molecular formula is C21H18ClFN4O3. The molecule has 0 saturated heterocycles. The molecule has 7 nitrogen and oxygen atoms in total. The summed E-state index contributed by atoms with van der Waals surface area (Å²) in [7, 11) is 0. The number of amides is 2. The third kappa shape index (κ3) is 5.51. The zero-order valence-corrected chi connectivity index (χ0v) is 16.7. The van der Waals surface area contributed by atoms with Crippen LogP contribution in [0.4, 0.5) is 15.8 Å². The average molecular weight is 429 g/mol. The molecule has 0 aliphatic heterocycles. The fourth-order valence-electron chi connectivity index (χ4n) is 2.65. The highest BCUT2D eigenvalue weighted by molar-refractivity contribution is 6.31. The number of hydrogen-bond acceptors (Lipinski definition) is 4. The van der Waals surface area contributed by atoms with Gasteiger partial charge in [0.25, 0.3) is 11.5 Å². The lowest BCUT2D eigenvalue weighted by Crippen LogP contribution is -2.28. The van der Waals surface area contributed by atoms with Crippen LogP contribution < -0.4 is 16.2 Å². The van der Waals surface area contributed by atoms with E-state index in [9.17, 15) is 18.8 Å². The molecule has 0 fully saturated rings. The third-order valence-corrected chi connectivity index (χ3v) is 4.42. The van der Waals surface area contributed by atoms with Gasteiger partial charge in [-0.3, -0.25) is 14.4 Å². The van der Waals surface area contributed by atoms with Crippen molar-refractivity contribution >= 4 is 34.8 Å². The molecule has 0 spiro atoms. The van der Waals surface area contributed by atoms with E-state index in [4.69, 9.17) is 11.6 Å². The molecule has 0 bridgehead atoms. The summed E-state index contributed by atoms with van der Waals surface area (Å²) < 4.78 is 14.2. The van der Waals surface area contributed by atoms with Crippen LogP contribution in [0.2, 0.25) is 5.02 Å². The predicted octanol–water partition coefficient (Wildman–Crippen LogP) is 3.63. The molecule has 0 aliphatic rings. The van der Waals surface area contributed by atoms with Crippen molar-refractivity contribution in [3.8, 4) is 0 Å². The smallest absolute Gasteiger partial charge is 0.276 e. The Morgan fingerprint density at radius 1 is 1.07 bits per heavy atom. The van der Waals surface area contributed by atoms with Gasteiger partial charge in [0.05, 0.1) is 11.6 Å². The van der Waals surface area contributed by atoms with Crippen LogP contribution in [0.1, 0.15) is 22.5 Å². The minimum atomic E-state index is -0.592. The molecular weight excluding hydrogens is 411 g/mol. The van der Waals surface area contributed by atoms with E-state index in [1.807, 2.05) is 19.1 Å². The lowest BCUT2D eigenvalue weighted by molar-refractivity contribution is -0.116. The van der Waals surface area contributed by atoms with Gasteiger partial charge in [-0.05, 0) is 48.9 Å². The molecule has 2 N–H and O–H groups in total. The van der Waals surface area contributed by atoms with Crippen LogP contribution >= 0.6 is 11.6 Å². The molecule has 0 radical (unpaired) electrons. The highest BCUT2D eigenvalue weighted by atomic mass is 35.5. The van der Waals surface area contributed by atoms with Gasteiger partial charge in [-0.2, -0.15) is 5.10 Å². The molecule has 0 atom stereocenters.